The highest BCUT2D eigenvalue weighted by molar-refractivity contribution is 6.30. The lowest BCUT2D eigenvalue weighted by atomic mass is 10.2. The second-order valence-electron chi connectivity index (χ2n) is 4.90. The van der Waals surface area contributed by atoms with E-state index in [1.165, 1.54) is 37.5 Å². The highest BCUT2D eigenvalue weighted by Gasteiger charge is 2.39. The third kappa shape index (κ3) is 4.04. The predicted molar refractivity (Wildman–Crippen MR) is 83.4 cm³/mol. The van der Waals surface area contributed by atoms with Gasteiger partial charge in [-0.25, -0.2) is 9.48 Å². The number of rotatable bonds is 5. The van der Waals surface area contributed by atoms with Gasteiger partial charge in [0.25, 0.3) is 0 Å². The van der Waals surface area contributed by atoms with Gasteiger partial charge in [-0.1, -0.05) is 11.6 Å². The van der Waals surface area contributed by atoms with E-state index in [4.69, 9.17) is 11.6 Å². The first kappa shape index (κ1) is 18.2. The van der Waals surface area contributed by atoms with E-state index >= 15 is 0 Å². The fraction of sp³-hybridized carbons (Fsp3) is 0.357. The standard InChI is InChI=1S/C14H14ClF3N4O2/c1-19-6-7-22-13(24)21(8-11(23)14(16,17)18)12(20-22)9-2-4-10(15)5-3-9/h2-6,11,23H,7-8H2,1H3/b19-6+/t11-/m0/s1. The van der Waals surface area contributed by atoms with Gasteiger partial charge in [0.05, 0.1) is 13.1 Å². The minimum atomic E-state index is -4.84. The predicted octanol–water partition coefficient (Wildman–Crippen LogP) is 1.99. The zero-order chi connectivity index (χ0) is 17.9. The first-order valence-electron chi connectivity index (χ1n) is 6.83. The molecule has 1 aromatic carbocycles. The monoisotopic (exact) mass is 362 g/mol. The summed E-state index contributed by atoms with van der Waals surface area (Å²) in [5.41, 5.74) is -0.374. The molecule has 0 bridgehead atoms. The van der Waals surface area contributed by atoms with Crippen LogP contribution in [0.5, 0.6) is 0 Å². The largest absolute Gasteiger partial charge is 0.416 e. The fourth-order valence-electron chi connectivity index (χ4n) is 1.97. The third-order valence-corrected chi connectivity index (χ3v) is 3.45. The van der Waals surface area contributed by atoms with E-state index < -0.39 is 24.5 Å². The van der Waals surface area contributed by atoms with Gasteiger partial charge in [-0.05, 0) is 24.3 Å². The smallest absolute Gasteiger partial charge is 0.382 e. The number of aliphatic hydroxyl groups excluding tert-OH is 1. The second-order valence-corrected chi connectivity index (χ2v) is 5.34. The lowest BCUT2D eigenvalue weighted by Gasteiger charge is -2.15. The molecule has 1 heterocycles. The molecular formula is C14H14ClF3N4O2. The van der Waals surface area contributed by atoms with Crippen LogP contribution in [0.2, 0.25) is 5.02 Å². The van der Waals surface area contributed by atoms with E-state index in [0.717, 1.165) is 9.25 Å². The summed E-state index contributed by atoms with van der Waals surface area (Å²) in [6.07, 6.45) is -6.13. The number of halogens is 4. The average molecular weight is 363 g/mol. The molecule has 0 unspecified atom stereocenters. The molecule has 0 aliphatic heterocycles. The van der Waals surface area contributed by atoms with Gasteiger partial charge in [0, 0.05) is 23.8 Å². The van der Waals surface area contributed by atoms with Crippen LogP contribution in [0.15, 0.2) is 34.1 Å². The Morgan fingerprint density at radius 1 is 1.38 bits per heavy atom. The van der Waals surface area contributed by atoms with Crippen LogP contribution in [0.25, 0.3) is 11.4 Å². The first-order chi connectivity index (χ1) is 11.2. The maximum atomic E-state index is 12.6. The molecule has 0 saturated heterocycles. The Balaban J connectivity index is 2.51. The first-order valence-corrected chi connectivity index (χ1v) is 7.21. The number of alkyl halides is 3. The Morgan fingerprint density at radius 2 is 2.00 bits per heavy atom. The number of benzene rings is 1. The Bertz CT molecular complexity index is 781. The minimum Gasteiger partial charge on any atom is -0.382 e. The van der Waals surface area contributed by atoms with Crippen LogP contribution in [-0.4, -0.2) is 45.0 Å². The van der Waals surface area contributed by atoms with Gasteiger partial charge in [0.2, 0.25) is 0 Å². The van der Waals surface area contributed by atoms with Crippen LogP contribution in [0.3, 0.4) is 0 Å². The van der Waals surface area contributed by atoms with E-state index in [0.29, 0.717) is 10.6 Å². The Morgan fingerprint density at radius 3 is 2.54 bits per heavy atom. The van der Waals surface area contributed by atoms with Crippen molar-refractivity contribution in [3.63, 3.8) is 0 Å². The molecular weight excluding hydrogens is 349 g/mol. The van der Waals surface area contributed by atoms with Gasteiger partial charge in [-0.2, -0.15) is 13.2 Å². The lowest BCUT2D eigenvalue weighted by Crippen LogP contribution is -2.37. The van der Waals surface area contributed by atoms with E-state index in [1.54, 1.807) is 0 Å². The molecule has 24 heavy (non-hydrogen) atoms. The molecule has 0 radical (unpaired) electrons. The molecule has 2 rings (SSSR count). The maximum absolute atomic E-state index is 12.6. The molecule has 2 aromatic rings. The van der Waals surface area contributed by atoms with Crippen molar-refractivity contribution in [2.75, 3.05) is 7.05 Å². The minimum absolute atomic E-state index is 0.00414. The maximum Gasteiger partial charge on any atom is 0.416 e. The number of aliphatic hydroxyl groups is 1. The van der Waals surface area contributed by atoms with Gasteiger partial charge in [0.15, 0.2) is 11.9 Å². The fourth-order valence-corrected chi connectivity index (χ4v) is 2.10. The van der Waals surface area contributed by atoms with Crippen molar-refractivity contribution >= 4 is 17.8 Å². The molecule has 10 heteroatoms. The van der Waals surface area contributed by atoms with E-state index in [1.807, 2.05) is 0 Å². The third-order valence-electron chi connectivity index (χ3n) is 3.20. The number of hydrogen-bond donors (Lipinski definition) is 1. The quantitative estimate of drug-likeness (QED) is 0.827. The number of aliphatic imine (C=N–C) groups is 1. The molecule has 0 fully saturated rings. The lowest BCUT2D eigenvalue weighted by molar-refractivity contribution is -0.207. The van der Waals surface area contributed by atoms with E-state index in [9.17, 15) is 23.1 Å². The summed E-state index contributed by atoms with van der Waals surface area (Å²) in [5, 5.41) is 13.8. The highest BCUT2D eigenvalue weighted by Crippen LogP contribution is 2.23. The molecule has 0 aliphatic carbocycles. The van der Waals surface area contributed by atoms with Gasteiger partial charge in [-0.3, -0.25) is 9.56 Å². The summed E-state index contributed by atoms with van der Waals surface area (Å²) in [6.45, 7) is -0.950. The normalized spacial score (nSPS) is 13.6. The Hall–Kier alpha value is -2.13. The molecule has 1 atom stereocenters. The van der Waals surface area contributed by atoms with Crippen molar-refractivity contribution in [3.8, 4) is 11.4 Å². The van der Waals surface area contributed by atoms with Crippen molar-refractivity contribution in [1.29, 1.82) is 0 Å². The summed E-state index contributed by atoms with van der Waals surface area (Å²) < 4.78 is 39.7. The number of hydrogen-bond acceptors (Lipinski definition) is 4. The van der Waals surface area contributed by atoms with E-state index in [-0.39, 0.29) is 12.4 Å². The van der Waals surface area contributed by atoms with Crippen molar-refractivity contribution in [2.45, 2.75) is 25.4 Å². The molecule has 1 N–H and O–H groups in total. The topological polar surface area (TPSA) is 72.4 Å². The zero-order valence-electron chi connectivity index (χ0n) is 12.5. The van der Waals surface area contributed by atoms with Gasteiger partial charge in [0.1, 0.15) is 0 Å². The molecule has 130 valence electrons. The van der Waals surface area contributed by atoms with E-state index in [2.05, 4.69) is 10.1 Å². The number of nitrogens with zero attached hydrogens (tertiary/aromatic N) is 4. The van der Waals surface area contributed by atoms with Crippen molar-refractivity contribution < 1.29 is 18.3 Å². The zero-order valence-corrected chi connectivity index (χ0v) is 13.3. The summed E-state index contributed by atoms with van der Waals surface area (Å²) >= 11 is 5.79. The molecule has 0 amide bonds. The van der Waals surface area contributed by atoms with Gasteiger partial charge < -0.3 is 5.11 Å². The molecule has 0 spiro atoms. The molecule has 6 nitrogen and oxygen atoms in total. The molecule has 1 aromatic heterocycles. The van der Waals surface area contributed by atoms with Crippen molar-refractivity contribution in [3.05, 3.63) is 39.8 Å². The number of aromatic nitrogens is 3. The molecule has 0 aliphatic rings. The van der Waals surface area contributed by atoms with Crippen LogP contribution in [0.4, 0.5) is 13.2 Å². The van der Waals surface area contributed by atoms with Crippen LogP contribution in [0, 0.1) is 0 Å². The van der Waals surface area contributed by atoms with Gasteiger partial charge >= 0.3 is 11.9 Å². The Kier molecular flexibility index (Phi) is 5.45. The van der Waals surface area contributed by atoms with Crippen LogP contribution >= 0.6 is 11.6 Å². The second kappa shape index (κ2) is 7.18. The van der Waals surface area contributed by atoms with Crippen LogP contribution in [0.1, 0.15) is 0 Å². The summed E-state index contributed by atoms with van der Waals surface area (Å²) in [4.78, 5) is 16.0. The molecule has 0 saturated carbocycles. The summed E-state index contributed by atoms with van der Waals surface area (Å²) in [7, 11) is 1.50. The summed E-state index contributed by atoms with van der Waals surface area (Å²) in [5.74, 6) is 0.00414. The SMILES string of the molecule is C/N=C/Cn1nc(-c2ccc(Cl)cc2)n(C[C@H](O)C(F)(F)F)c1=O. The summed E-state index contributed by atoms with van der Waals surface area (Å²) in [6, 6.07) is 6.11. The van der Waals surface area contributed by atoms with Crippen molar-refractivity contribution in [2.24, 2.45) is 4.99 Å². The van der Waals surface area contributed by atoms with Gasteiger partial charge in [-0.15, -0.1) is 5.10 Å². The van der Waals surface area contributed by atoms with Crippen LogP contribution < -0.4 is 5.69 Å². The Labute approximate surface area is 139 Å². The van der Waals surface area contributed by atoms with Crippen molar-refractivity contribution in [1.82, 2.24) is 14.3 Å². The average Bonchev–Trinajstić information content (AvgIpc) is 2.82. The highest BCUT2D eigenvalue weighted by atomic mass is 35.5. The van der Waals surface area contributed by atoms with Crippen LogP contribution in [-0.2, 0) is 13.1 Å².